The molecule has 0 bridgehead atoms. The van der Waals surface area contributed by atoms with Crippen molar-refractivity contribution < 1.29 is 29.3 Å². The topological polar surface area (TPSA) is 87.0 Å². The van der Waals surface area contributed by atoms with Crippen molar-refractivity contribution in [2.75, 3.05) is 39.8 Å². The number of hydrogen-bond acceptors (Lipinski definition) is 4. The number of allylic oxidation sites excluding steroid dienone is 1. The van der Waals surface area contributed by atoms with E-state index in [0.29, 0.717) is 19.8 Å². The summed E-state index contributed by atoms with van der Waals surface area (Å²) in [6.07, 6.45) is 7.34. The molecule has 124 valence electrons. The number of carbonyl (C=O) groups is 1. The lowest BCUT2D eigenvalue weighted by Crippen LogP contribution is -2.52. The van der Waals surface area contributed by atoms with Crippen molar-refractivity contribution in [1.29, 1.82) is 0 Å². The minimum Gasteiger partial charge on any atom is -0.481 e. The lowest BCUT2D eigenvalue weighted by molar-refractivity contribution is -0.961. The number of rotatable bonds is 15. The Balaban J connectivity index is 3.73. The molecule has 0 fully saturated rings. The number of quaternary nitrogens is 1. The van der Waals surface area contributed by atoms with Crippen LogP contribution >= 0.6 is 0 Å². The van der Waals surface area contributed by atoms with E-state index in [2.05, 4.69) is 6.58 Å². The van der Waals surface area contributed by atoms with E-state index >= 15 is 0 Å². The first-order valence-corrected chi connectivity index (χ1v) is 7.57. The van der Waals surface area contributed by atoms with Crippen LogP contribution in [0.1, 0.15) is 38.5 Å². The summed E-state index contributed by atoms with van der Waals surface area (Å²) in [5, 5.41) is 27.4. The van der Waals surface area contributed by atoms with Gasteiger partial charge < -0.3 is 20.1 Å². The average Bonchev–Trinajstić information content (AvgIpc) is 2.49. The van der Waals surface area contributed by atoms with E-state index < -0.39 is 5.97 Å². The van der Waals surface area contributed by atoms with Crippen molar-refractivity contribution in [3.8, 4) is 0 Å². The molecule has 0 spiro atoms. The Morgan fingerprint density at radius 1 is 1.05 bits per heavy atom. The minimum atomic E-state index is -0.931. The number of unbranched alkanes of at least 4 members (excludes halogenated alkanes) is 4. The highest BCUT2D eigenvalue weighted by Gasteiger charge is 2.26. The van der Waals surface area contributed by atoms with Gasteiger partial charge >= 0.3 is 5.97 Å². The maximum atomic E-state index is 10.6. The van der Waals surface area contributed by atoms with Crippen LogP contribution in [0.2, 0.25) is 0 Å². The van der Waals surface area contributed by atoms with Gasteiger partial charge in [-0.05, 0) is 19.3 Å². The molecule has 6 heteroatoms. The first-order valence-electron chi connectivity index (χ1n) is 7.57. The summed E-state index contributed by atoms with van der Waals surface area (Å²) in [4.78, 5) is 10.6. The van der Waals surface area contributed by atoms with E-state index in [-0.39, 0.29) is 30.9 Å². The average molecular weight is 304 g/mol. The number of aliphatic carboxylic acids is 1. The molecule has 0 rings (SSSR count). The van der Waals surface area contributed by atoms with Crippen molar-refractivity contribution in [1.82, 2.24) is 0 Å². The molecule has 0 aliphatic heterocycles. The van der Waals surface area contributed by atoms with Crippen LogP contribution < -0.4 is 0 Å². The van der Waals surface area contributed by atoms with Crippen LogP contribution in [0.3, 0.4) is 0 Å². The highest BCUT2D eigenvalue weighted by atomic mass is 16.5. The van der Waals surface area contributed by atoms with Crippen LogP contribution in [0.5, 0.6) is 0 Å². The Morgan fingerprint density at radius 3 is 2.29 bits per heavy atom. The summed E-state index contributed by atoms with van der Waals surface area (Å²) < 4.78 is 5.45. The van der Waals surface area contributed by atoms with E-state index in [4.69, 9.17) is 9.84 Å². The second-order valence-corrected chi connectivity index (χ2v) is 5.32. The first kappa shape index (κ1) is 20.1. The van der Waals surface area contributed by atoms with Crippen LogP contribution in [0.25, 0.3) is 0 Å². The zero-order chi connectivity index (χ0) is 16.0. The van der Waals surface area contributed by atoms with Gasteiger partial charge in [0.1, 0.15) is 6.54 Å². The summed E-state index contributed by atoms with van der Waals surface area (Å²) >= 11 is 0. The van der Waals surface area contributed by atoms with Crippen LogP contribution in [-0.2, 0) is 9.53 Å². The zero-order valence-electron chi connectivity index (χ0n) is 12.9. The summed E-state index contributed by atoms with van der Waals surface area (Å²) in [6.45, 7) is 4.80. The molecular weight excluding hydrogens is 274 g/mol. The fourth-order valence-electron chi connectivity index (χ4n) is 1.98. The summed E-state index contributed by atoms with van der Waals surface area (Å²) in [5.41, 5.74) is 0. The largest absolute Gasteiger partial charge is 0.481 e. The second kappa shape index (κ2) is 12.8. The monoisotopic (exact) mass is 304 g/mol. The summed E-state index contributed by atoms with van der Waals surface area (Å²) in [6, 6.07) is 0. The smallest absolute Gasteiger partial charge is 0.309 e. The molecule has 0 aromatic rings. The van der Waals surface area contributed by atoms with E-state index in [1.165, 1.54) is 6.42 Å². The van der Waals surface area contributed by atoms with Gasteiger partial charge in [-0.3, -0.25) is 9.28 Å². The van der Waals surface area contributed by atoms with Crippen molar-refractivity contribution in [3.63, 3.8) is 0 Å². The number of carboxylic acids is 1. The number of carboxylic acid groups (broad SMARTS) is 1. The third-order valence-electron chi connectivity index (χ3n) is 3.56. The third-order valence-corrected chi connectivity index (χ3v) is 3.56. The SMILES string of the molecule is C=CCCCCCCOCC[N+](CO)(CO)CCC(=O)O. The predicted octanol–water partition coefficient (Wildman–Crippen LogP) is 1.33. The highest BCUT2D eigenvalue weighted by molar-refractivity contribution is 5.66. The predicted molar refractivity (Wildman–Crippen MR) is 80.5 cm³/mol. The molecule has 0 heterocycles. The Bertz CT molecular complexity index is 279. The second-order valence-electron chi connectivity index (χ2n) is 5.32. The molecule has 21 heavy (non-hydrogen) atoms. The maximum Gasteiger partial charge on any atom is 0.309 e. The van der Waals surface area contributed by atoms with E-state index in [1.807, 2.05) is 6.08 Å². The molecule has 3 N–H and O–H groups in total. The van der Waals surface area contributed by atoms with E-state index in [0.717, 1.165) is 25.7 Å². The molecule has 0 atom stereocenters. The third kappa shape index (κ3) is 10.4. The molecule has 0 aliphatic rings. The number of aliphatic hydroxyl groups excluding tert-OH is 2. The van der Waals surface area contributed by atoms with Crippen molar-refractivity contribution >= 4 is 5.97 Å². The van der Waals surface area contributed by atoms with Gasteiger partial charge in [-0.2, -0.15) is 0 Å². The summed E-state index contributed by atoms with van der Waals surface area (Å²) in [5.74, 6) is -0.931. The minimum absolute atomic E-state index is 0.0500. The first-order chi connectivity index (χ1) is 10.1. The van der Waals surface area contributed by atoms with Gasteiger partial charge in [-0.1, -0.05) is 18.9 Å². The lowest BCUT2D eigenvalue weighted by Gasteiger charge is -2.33. The Hall–Kier alpha value is -0.950. The molecule has 0 aliphatic carbocycles. The van der Waals surface area contributed by atoms with Crippen molar-refractivity contribution in [2.24, 2.45) is 0 Å². The van der Waals surface area contributed by atoms with Gasteiger partial charge in [-0.25, -0.2) is 0 Å². The van der Waals surface area contributed by atoms with Gasteiger partial charge in [0.25, 0.3) is 0 Å². The van der Waals surface area contributed by atoms with Crippen molar-refractivity contribution in [3.05, 3.63) is 12.7 Å². The zero-order valence-corrected chi connectivity index (χ0v) is 12.9. The van der Waals surface area contributed by atoms with Crippen LogP contribution in [0.4, 0.5) is 0 Å². The highest BCUT2D eigenvalue weighted by Crippen LogP contribution is 2.07. The van der Waals surface area contributed by atoms with Crippen LogP contribution in [-0.4, -0.2) is 65.5 Å². The number of aliphatic hydroxyl groups is 2. The molecule has 0 aromatic carbocycles. The molecule has 0 saturated carbocycles. The quantitative estimate of drug-likeness (QED) is 0.184. The maximum absolute atomic E-state index is 10.6. The molecule has 0 unspecified atom stereocenters. The Labute approximate surface area is 127 Å². The Kier molecular flexibility index (Phi) is 12.2. The standard InChI is InChI=1S/C15H29NO5/c1-2-3-4-5-6-7-11-21-12-10-16(13-17,14-18)9-8-15(19)20/h2,17-18H,1,3-14H2/p+1. The van der Waals surface area contributed by atoms with Gasteiger partial charge in [0.15, 0.2) is 13.5 Å². The normalized spacial score (nSPS) is 11.5. The van der Waals surface area contributed by atoms with Crippen LogP contribution in [0, 0.1) is 0 Å². The van der Waals surface area contributed by atoms with Gasteiger partial charge in [0.2, 0.25) is 0 Å². The summed E-state index contributed by atoms with van der Waals surface area (Å²) in [7, 11) is 0. The number of ether oxygens (including phenoxy) is 1. The van der Waals surface area contributed by atoms with Gasteiger partial charge in [0, 0.05) is 6.61 Å². The van der Waals surface area contributed by atoms with Gasteiger partial charge in [0.05, 0.1) is 19.6 Å². The molecule has 6 nitrogen and oxygen atoms in total. The van der Waals surface area contributed by atoms with E-state index in [9.17, 15) is 15.0 Å². The van der Waals surface area contributed by atoms with Gasteiger partial charge in [-0.15, -0.1) is 6.58 Å². The molecule has 0 radical (unpaired) electrons. The molecule has 0 amide bonds. The fraction of sp³-hybridized carbons (Fsp3) is 0.800. The van der Waals surface area contributed by atoms with Crippen LogP contribution in [0.15, 0.2) is 12.7 Å². The molecule has 0 saturated heterocycles. The number of nitrogens with zero attached hydrogens (tertiary/aromatic N) is 1. The lowest BCUT2D eigenvalue weighted by atomic mass is 10.1. The Morgan fingerprint density at radius 2 is 1.71 bits per heavy atom. The van der Waals surface area contributed by atoms with Crippen molar-refractivity contribution in [2.45, 2.75) is 38.5 Å². The molecule has 0 aromatic heterocycles. The fourth-order valence-corrected chi connectivity index (χ4v) is 1.98. The molecular formula is C15H30NO5+. The number of hydrogen-bond donors (Lipinski definition) is 3. The van der Waals surface area contributed by atoms with E-state index in [1.54, 1.807) is 0 Å².